The Bertz CT molecular complexity index is 4460. The van der Waals surface area contributed by atoms with E-state index in [1.165, 1.54) is 6.92 Å². The third-order valence-electron chi connectivity index (χ3n) is 19.5. The number of rotatable bonds is 56. The minimum atomic E-state index is -2.06. The van der Waals surface area contributed by atoms with Gasteiger partial charge in [-0.2, -0.15) is 37.9 Å². The number of hydrogen-bond donors (Lipinski definition) is 32. The lowest BCUT2D eigenvalue weighted by Crippen LogP contribution is -2.61. The first-order chi connectivity index (χ1) is 60.9. The van der Waals surface area contributed by atoms with Gasteiger partial charge in [0.15, 0.2) is 11.9 Å². The molecule has 2 heterocycles. The molecule has 2 aromatic carbocycles. The summed E-state index contributed by atoms with van der Waals surface area (Å²) < 4.78 is 0. The summed E-state index contributed by atoms with van der Waals surface area (Å²) in [5, 5.41) is 97.4. The van der Waals surface area contributed by atoms with Crippen LogP contribution in [0.5, 0.6) is 0 Å². The molecule has 52 heteroatoms. The number of thiol groups is 3. The third kappa shape index (κ3) is 37.3. The van der Waals surface area contributed by atoms with E-state index in [0.717, 1.165) is 11.8 Å². The van der Waals surface area contributed by atoms with Gasteiger partial charge in [0.1, 0.15) is 84.6 Å². The maximum atomic E-state index is 14.9. The van der Waals surface area contributed by atoms with E-state index < -0.39 is 266 Å². The summed E-state index contributed by atoms with van der Waals surface area (Å²) in [7, 11) is 0. The Labute approximate surface area is 756 Å². The number of benzene rings is 2. The molecule has 1 fully saturated rings. The van der Waals surface area contributed by atoms with E-state index >= 15 is 0 Å². The molecule has 3 aromatic rings. The molecule has 16 atom stereocenters. The van der Waals surface area contributed by atoms with Crippen LogP contribution in [-0.2, 0) is 104 Å². The van der Waals surface area contributed by atoms with Crippen LogP contribution in [0, 0.1) is 16.7 Å². The fourth-order valence-electron chi connectivity index (χ4n) is 12.8. The minimum absolute atomic E-state index is 0.0112. The number of para-hydroxylation sites is 1. The molecule has 1 saturated heterocycles. The average molecular weight is 1870 g/mol. The number of aliphatic hydroxyl groups excluding tert-OH is 3. The third-order valence-corrected chi connectivity index (χ3v) is 20.6. The number of amides is 18. The molecule has 0 radical (unpaired) electrons. The van der Waals surface area contributed by atoms with Gasteiger partial charge < -0.3 is 149 Å². The number of fused-ring (bicyclic) bond motifs is 1. The summed E-state index contributed by atoms with van der Waals surface area (Å²) in [6, 6.07) is -9.71. The summed E-state index contributed by atoms with van der Waals surface area (Å²) >= 11 is 12.4. The number of nitrogens with two attached hydrogens (primary N) is 5. The quantitative estimate of drug-likeness (QED) is 0.0108. The second kappa shape index (κ2) is 55.2. The van der Waals surface area contributed by atoms with Gasteiger partial charge in [-0.05, 0) is 81.9 Å². The number of likely N-dealkylation sites (tertiary alicyclic amines) is 1. The lowest BCUT2D eigenvalue weighted by Gasteiger charge is -2.31. The highest BCUT2D eigenvalue weighted by Crippen LogP contribution is 2.23. The van der Waals surface area contributed by atoms with Crippen LogP contribution in [-0.4, -0.2) is 314 Å². The number of aromatic nitrogens is 1. The van der Waals surface area contributed by atoms with Crippen molar-refractivity contribution in [2.75, 3.05) is 63.2 Å². The van der Waals surface area contributed by atoms with Gasteiger partial charge in [-0.3, -0.25) is 102 Å². The Morgan fingerprint density at radius 3 is 1.40 bits per heavy atom. The molecule has 49 nitrogen and oxygen atoms in total. The van der Waals surface area contributed by atoms with E-state index in [4.69, 9.17) is 39.5 Å². The van der Waals surface area contributed by atoms with E-state index in [1.807, 2.05) is 0 Å². The first-order valence-corrected chi connectivity index (χ1v) is 42.7. The number of aliphatic hydroxyl groups is 3. The first-order valence-electron chi connectivity index (χ1n) is 40.8. The molecule has 712 valence electrons. The van der Waals surface area contributed by atoms with Crippen LogP contribution in [0.15, 0.2) is 60.8 Å². The molecule has 0 aliphatic carbocycles. The number of carboxylic acid groups (broad SMARTS) is 1. The van der Waals surface area contributed by atoms with Crippen LogP contribution in [0.3, 0.4) is 0 Å². The number of nitrogens with one attached hydrogen (secondary N) is 20. The van der Waals surface area contributed by atoms with Gasteiger partial charge in [0.25, 0.3) is 0 Å². The van der Waals surface area contributed by atoms with Crippen molar-refractivity contribution >= 4 is 173 Å². The van der Waals surface area contributed by atoms with Crippen molar-refractivity contribution in [3.63, 3.8) is 0 Å². The van der Waals surface area contributed by atoms with Crippen molar-refractivity contribution in [2.45, 2.75) is 195 Å². The number of carbonyl (C=O) groups excluding carboxylic acids is 18. The number of nitrogens with zero attached hydrogens (tertiary/aromatic N) is 1. The molecular weight excluding hydrogens is 1750 g/mol. The van der Waals surface area contributed by atoms with Crippen molar-refractivity contribution in [2.24, 2.45) is 34.6 Å². The monoisotopic (exact) mass is 1870 g/mol. The molecule has 18 amide bonds. The predicted octanol–water partition coefficient (Wildman–Crippen LogP) is -11.6. The zero-order valence-corrected chi connectivity index (χ0v) is 73.8. The Morgan fingerprint density at radius 2 is 0.899 bits per heavy atom. The highest BCUT2D eigenvalue weighted by atomic mass is 32.1. The smallest absolute Gasteiger partial charge is 0.305 e. The van der Waals surface area contributed by atoms with Crippen LogP contribution >= 0.6 is 37.9 Å². The molecule has 1 aliphatic heterocycles. The van der Waals surface area contributed by atoms with E-state index in [0.29, 0.717) is 22.0 Å². The topological polar surface area (TPSA) is 807 Å². The van der Waals surface area contributed by atoms with E-state index in [1.54, 1.807) is 74.6 Å². The SMILES string of the molecule is CC(C)C[C@H](NC(=O)[C@@H]1CCCN1C(=O)[C@H](CS)NC(=O)[C@H](CC(N)=O)NC(=O)[C@H](CCCNC(=N)N)NC(=O)[C@H](Cc1ccccc1)NC(=O)[C@H](CCCNC(=N)N)NC(=O)[C@H](CC(=O)O)NC(=O)[C@H](CO)NC(=O)[C@H](CS)NC(=O)[C@H](C)N)C(=O)N[C@@H](Cc1c[nH]c2ccccc12)C(=O)N[C@@H](CO)C(=O)NCC(=O)N[C@H](C(=O)N[C@@H](CS)C(=O)NCC(N)=O)[C@@H](C)O. The Balaban J connectivity index is 1.60. The Hall–Kier alpha value is -12.7. The van der Waals surface area contributed by atoms with Crippen LogP contribution in [0.2, 0.25) is 0 Å². The van der Waals surface area contributed by atoms with Gasteiger partial charge in [0.2, 0.25) is 106 Å². The van der Waals surface area contributed by atoms with Gasteiger partial charge in [0.05, 0.1) is 51.3 Å². The largest absolute Gasteiger partial charge is 0.481 e. The number of guanidine groups is 2. The standard InChI is InChI=1S/C77H118N26O23S3/c1-36(2)23-45(66(117)93-47(25-40-28-87-42-16-9-8-15-41(40)42)68(119)97-50(31-104)62(113)89-30-58(109)102-60(38(4)106)74(125)100-52(33-127)63(114)88-29-57(80)108)96-73(124)55-19-12-22-103(55)75(126)54(35-129)101-69(120)48(26-56(79)107)94-65(116)44(18-11-21-86-77(83)84)90-67(118)46(24-39-13-6-5-7-14-39)92-64(115)43(17-10-20-85-76(81)82)91-70(121)49(27-59(110)111)95-71(122)51(32-105)98-72(123)53(34-128)99-61(112)37(3)78/h5-9,13-16,28,36-38,43-55,60,87,104-106,127-129H,10-12,17-27,29-35,78H2,1-4H3,(H2,79,107)(H2,80,108)(H,88,114)(H,89,113)(H,90,118)(H,91,121)(H,92,115)(H,93,117)(H,94,116)(H,95,122)(H,96,124)(H,97,119)(H,98,123)(H,99,112)(H,100,125)(H,101,120)(H,102,109)(H,110,111)(H4,81,82,85)(H4,83,84,86)/t37-,38+,43-,44-,45-,46-,47-,48-,49-,50-,51-,52-,53-,54-,55-,60-/m0/s1. The first kappa shape index (κ1) is 109. The number of carboxylic acids is 1. The van der Waals surface area contributed by atoms with Crippen molar-refractivity contribution in [1.29, 1.82) is 10.8 Å². The second-order valence-electron chi connectivity index (χ2n) is 30.4. The number of primary amides is 2. The molecule has 34 N–H and O–H groups in total. The molecule has 0 bridgehead atoms. The Morgan fingerprint density at radius 1 is 0.473 bits per heavy atom. The molecule has 0 spiro atoms. The summed E-state index contributed by atoms with van der Waals surface area (Å²) in [6.45, 7) is 1.84. The van der Waals surface area contributed by atoms with Crippen LogP contribution in [0.1, 0.15) is 96.6 Å². The van der Waals surface area contributed by atoms with Gasteiger partial charge in [-0.25, -0.2) is 0 Å². The molecule has 0 unspecified atom stereocenters. The number of aliphatic carboxylic acids is 1. The maximum absolute atomic E-state index is 14.9. The van der Waals surface area contributed by atoms with Gasteiger partial charge in [0, 0.05) is 66.8 Å². The van der Waals surface area contributed by atoms with Crippen LogP contribution in [0.25, 0.3) is 10.9 Å². The average Bonchev–Trinajstić information content (AvgIpc) is 1.59. The highest BCUT2D eigenvalue weighted by molar-refractivity contribution is 7.80. The van der Waals surface area contributed by atoms with Gasteiger partial charge >= 0.3 is 5.97 Å². The predicted molar refractivity (Wildman–Crippen MR) is 472 cm³/mol. The zero-order valence-electron chi connectivity index (χ0n) is 71.2. The molecule has 129 heavy (non-hydrogen) atoms. The van der Waals surface area contributed by atoms with E-state index in [9.17, 15) is 112 Å². The molecule has 1 aliphatic rings. The number of aromatic amines is 1. The summed E-state index contributed by atoms with van der Waals surface area (Å²) in [4.78, 5) is 264. The molecule has 1 aromatic heterocycles. The molecular formula is C77H118N26O23S3. The van der Waals surface area contributed by atoms with Crippen LogP contribution in [0.4, 0.5) is 0 Å². The number of carbonyl (C=O) groups is 19. The maximum Gasteiger partial charge on any atom is 0.305 e. The summed E-state index contributed by atoms with van der Waals surface area (Å²) in [6.07, 6.45) is -3.58. The van der Waals surface area contributed by atoms with Crippen molar-refractivity contribution in [1.82, 2.24) is 100 Å². The second-order valence-corrected chi connectivity index (χ2v) is 31.5. The lowest BCUT2D eigenvalue weighted by molar-refractivity contribution is -0.142. The summed E-state index contributed by atoms with van der Waals surface area (Å²) in [5.74, 6) is -23.3. The highest BCUT2D eigenvalue weighted by Gasteiger charge is 2.42. The van der Waals surface area contributed by atoms with Crippen molar-refractivity contribution in [3.05, 3.63) is 71.9 Å². The summed E-state index contributed by atoms with van der Waals surface area (Å²) in [5.41, 5.74) is 28.8. The minimum Gasteiger partial charge on any atom is -0.481 e. The van der Waals surface area contributed by atoms with Crippen LogP contribution < -0.4 is 119 Å². The van der Waals surface area contributed by atoms with E-state index in [-0.39, 0.29) is 94.8 Å². The lowest BCUT2D eigenvalue weighted by atomic mass is 10.00. The number of hydrogen-bond acceptors (Lipinski definition) is 28. The normalized spacial score (nSPS) is 15.7. The van der Waals surface area contributed by atoms with Gasteiger partial charge in [-0.15, -0.1) is 0 Å². The molecule has 4 rings (SSSR count). The fourth-order valence-corrected chi connectivity index (χ4v) is 13.6. The molecule has 0 saturated carbocycles. The number of H-pyrrole nitrogens is 1. The van der Waals surface area contributed by atoms with E-state index in [2.05, 4.69) is 133 Å². The van der Waals surface area contributed by atoms with Crippen molar-refractivity contribution < 1.29 is 112 Å². The van der Waals surface area contributed by atoms with Crippen molar-refractivity contribution in [3.8, 4) is 0 Å². The Kier molecular flexibility index (Phi) is 46.5. The fraction of sp³-hybridized carbons (Fsp3) is 0.545. The van der Waals surface area contributed by atoms with Gasteiger partial charge in [-0.1, -0.05) is 62.4 Å². The zero-order chi connectivity index (χ0) is 96.5.